The molecule has 0 N–H and O–H groups in total. The molecule has 144 valence electrons. The Kier molecular flexibility index (Phi) is 5.85. The number of carbonyl (C=O) groups excluding carboxylic acids is 1. The van der Waals surface area contributed by atoms with Crippen LogP contribution >= 0.6 is 0 Å². The third kappa shape index (κ3) is 4.39. The van der Waals surface area contributed by atoms with Crippen LogP contribution in [0.3, 0.4) is 0 Å². The second kappa shape index (κ2) is 8.67. The van der Waals surface area contributed by atoms with Crippen molar-refractivity contribution in [2.24, 2.45) is 0 Å². The molecule has 0 saturated heterocycles. The number of nitrogens with zero attached hydrogens (tertiary/aromatic N) is 2. The van der Waals surface area contributed by atoms with E-state index < -0.39 is 17.0 Å². The molecule has 7 heteroatoms. The number of nitriles is 1. The zero-order valence-electron chi connectivity index (χ0n) is 15.4. The fourth-order valence-electron chi connectivity index (χ4n) is 2.82. The van der Waals surface area contributed by atoms with E-state index in [9.17, 15) is 14.9 Å². The molecule has 0 aromatic heterocycles. The molecular weight excluding hydrogens is 372 g/mol. The first-order chi connectivity index (χ1) is 14.0. The molecule has 3 aromatic carbocycles. The lowest BCUT2D eigenvalue weighted by Crippen LogP contribution is -2.13. The van der Waals surface area contributed by atoms with Gasteiger partial charge in [-0.25, -0.2) is 4.79 Å². The van der Waals surface area contributed by atoms with Crippen molar-refractivity contribution in [3.63, 3.8) is 0 Å². The van der Waals surface area contributed by atoms with E-state index in [4.69, 9.17) is 14.7 Å². The lowest BCUT2D eigenvalue weighted by Gasteiger charge is -2.21. The molecule has 0 saturated carbocycles. The third-order valence-corrected chi connectivity index (χ3v) is 4.27. The van der Waals surface area contributed by atoms with Gasteiger partial charge in [0.2, 0.25) is 0 Å². The number of hydrogen-bond donors (Lipinski definition) is 0. The largest absolute Gasteiger partial charge is 0.480 e. The van der Waals surface area contributed by atoms with Gasteiger partial charge in [0.25, 0.3) is 5.69 Å². The fourth-order valence-corrected chi connectivity index (χ4v) is 2.82. The Balaban J connectivity index is 2.07. The zero-order valence-corrected chi connectivity index (χ0v) is 15.4. The maximum absolute atomic E-state index is 12.2. The Bertz CT molecular complexity index is 1070. The van der Waals surface area contributed by atoms with Gasteiger partial charge in [-0.15, -0.1) is 0 Å². The second-order valence-electron chi connectivity index (χ2n) is 6.07. The average molecular weight is 388 g/mol. The normalized spacial score (nSPS) is 11.2. The molecule has 0 amide bonds. The fraction of sp³-hybridized carbons (Fsp3) is 0.0909. The maximum atomic E-state index is 12.2. The number of rotatable bonds is 6. The van der Waals surface area contributed by atoms with Crippen LogP contribution in [0.5, 0.6) is 5.75 Å². The van der Waals surface area contributed by atoms with Crippen LogP contribution in [0.15, 0.2) is 72.8 Å². The Labute approximate surface area is 166 Å². The van der Waals surface area contributed by atoms with Crippen molar-refractivity contribution in [1.29, 1.82) is 5.26 Å². The highest BCUT2D eigenvalue weighted by molar-refractivity contribution is 5.93. The van der Waals surface area contributed by atoms with Crippen molar-refractivity contribution in [2.45, 2.75) is 6.10 Å². The zero-order chi connectivity index (χ0) is 20.8. The number of nitro benzene ring substituents is 1. The first-order valence-corrected chi connectivity index (χ1v) is 8.62. The minimum atomic E-state index is -0.740. The van der Waals surface area contributed by atoms with Crippen molar-refractivity contribution in [1.82, 2.24) is 0 Å². The molecule has 1 unspecified atom stereocenters. The van der Waals surface area contributed by atoms with Gasteiger partial charge in [-0.05, 0) is 29.3 Å². The van der Waals surface area contributed by atoms with Gasteiger partial charge in [0.1, 0.15) is 17.4 Å². The molecule has 0 radical (unpaired) electrons. The summed E-state index contributed by atoms with van der Waals surface area (Å²) in [6, 6.07) is 22.0. The molecule has 0 aliphatic heterocycles. The molecule has 0 bridgehead atoms. The summed E-state index contributed by atoms with van der Waals surface area (Å²) in [7, 11) is 1.19. The number of benzene rings is 3. The molecule has 3 aromatic rings. The number of hydrogen-bond acceptors (Lipinski definition) is 6. The smallest absolute Gasteiger partial charge is 0.341 e. The number of methoxy groups -OCH3 is 1. The van der Waals surface area contributed by atoms with E-state index in [2.05, 4.69) is 6.07 Å². The Morgan fingerprint density at radius 3 is 2.28 bits per heavy atom. The van der Waals surface area contributed by atoms with Gasteiger partial charge >= 0.3 is 5.97 Å². The van der Waals surface area contributed by atoms with Crippen LogP contribution in [-0.2, 0) is 4.74 Å². The predicted octanol–water partition coefficient (Wildman–Crippen LogP) is 4.42. The van der Waals surface area contributed by atoms with E-state index in [1.807, 2.05) is 30.3 Å². The van der Waals surface area contributed by atoms with Crippen molar-refractivity contribution < 1.29 is 19.2 Å². The van der Waals surface area contributed by atoms with E-state index >= 15 is 0 Å². The van der Waals surface area contributed by atoms with Crippen LogP contribution in [0, 0.1) is 21.4 Å². The van der Waals surface area contributed by atoms with Gasteiger partial charge in [-0.1, -0.05) is 42.5 Å². The summed E-state index contributed by atoms with van der Waals surface area (Å²) in [5.74, 6) is -0.587. The number of ether oxygens (including phenoxy) is 2. The van der Waals surface area contributed by atoms with E-state index in [0.29, 0.717) is 5.56 Å². The first-order valence-electron chi connectivity index (χ1n) is 8.62. The second-order valence-corrected chi connectivity index (χ2v) is 6.07. The lowest BCUT2D eigenvalue weighted by atomic mass is 10.00. The quantitative estimate of drug-likeness (QED) is 0.352. The Morgan fingerprint density at radius 2 is 1.69 bits per heavy atom. The summed E-state index contributed by atoms with van der Waals surface area (Å²) in [5.41, 5.74) is 1.78. The summed E-state index contributed by atoms with van der Waals surface area (Å²) in [6.45, 7) is 0. The van der Waals surface area contributed by atoms with Gasteiger partial charge in [-0.2, -0.15) is 5.26 Å². The number of non-ortho nitro benzene ring substituents is 1. The molecule has 3 rings (SSSR count). The monoisotopic (exact) mass is 388 g/mol. The van der Waals surface area contributed by atoms with E-state index in [1.165, 1.54) is 19.2 Å². The molecule has 0 aliphatic rings. The van der Waals surface area contributed by atoms with Crippen LogP contribution in [-0.4, -0.2) is 18.0 Å². The van der Waals surface area contributed by atoms with Crippen molar-refractivity contribution in [2.75, 3.05) is 7.11 Å². The topological polar surface area (TPSA) is 102 Å². The van der Waals surface area contributed by atoms with E-state index in [-0.39, 0.29) is 17.0 Å². The highest BCUT2D eigenvalue weighted by Crippen LogP contribution is 2.33. The molecular formula is C22H16N2O5. The van der Waals surface area contributed by atoms with Gasteiger partial charge in [-0.3, -0.25) is 10.1 Å². The number of nitro groups is 1. The molecule has 1 atom stereocenters. The standard InChI is InChI=1S/C22H16N2O5/c1-28-22(25)19-13-18(24(26)27)11-12-20(19)29-21(16-5-3-2-4-6-16)17-9-7-15(14-23)8-10-17/h2-13,21H,1H3. The van der Waals surface area contributed by atoms with Crippen molar-refractivity contribution in [3.8, 4) is 11.8 Å². The van der Waals surface area contributed by atoms with Crippen LogP contribution < -0.4 is 4.74 Å². The number of esters is 1. The first kappa shape index (κ1) is 19.6. The van der Waals surface area contributed by atoms with Gasteiger partial charge in [0, 0.05) is 12.1 Å². The van der Waals surface area contributed by atoms with Crippen LogP contribution in [0.4, 0.5) is 5.69 Å². The van der Waals surface area contributed by atoms with Crippen LogP contribution in [0.25, 0.3) is 0 Å². The summed E-state index contributed by atoms with van der Waals surface area (Å²) < 4.78 is 10.9. The third-order valence-electron chi connectivity index (χ3n) is 4.27. The molecule has 0 aliphatic carbocycles. The average Bonchev–Trinajstić information content (AvgIpc) is 2.77. The molecule has 29 heavy (non-hydrogen) atoms. The summed E-state index contributed by atoms with van der Waals surface area (Å²) >= 11 is 0. The minimum absolute atomic E-state index is 0.0451. The predicted molar refractivity (Wildman–Crippen MR) is 105 cm³/mol. The maximum Gasteiger partial charge on any atom is 0.341 e. The van der Waals surface area contributed by atoms with Crippen molar-refractivity contribution >= 4 is 11.7 Å². The minimum Gasteiger partial charge on any atom is -0.480 e. The summed E-state index contributed by atoms with van der Waals surface area (Å²) in [6.07, 6.45) is -0.603. The molecule has 0 fully saturated rings. The molecule has 7 nitrogen and oxygen atoms in total. The van der Waals surface area contributed by atoms with Gasteiger partial charge in [0.15, 0.2) is 0 Å². The Morgan fingerprint density at radius 1 is 1.03 bits per heavy atom. The Hall–Kier alpha value is -4.18. The van der Waals surface area contributed by atoms with Crippen LogP contribution in [0.1, 0.15) is 33.2 Å². The van der Waals surface area contributed by atoms with E-state index in [1.54, 1.807) is 24.3 Å². The van der Waals surface area contributed by atoms with Gasteiger partial charge in [0.05, 0.1) is 23.7 Å². The van der Waals surface area contributed by atoms with Crippen LogP contribution in [0.2, 0.25) is 0 Å². The molecule has 0 heterocycles. The summed E-state index contributed by atoms with van der Waals surface area (Å²) in [5, 5.41) is 20.1. The highest BCUT2D eigenvalue weighted by atomic mass is 16.6. The highest BCUT2D eigenvalue weighted by Gasteiger charge is 2.23. The lowest BCUT2D eigenvalue weighted by molar-refractivity contribution is -0.384. The SMILES string of the molecule is COC(=O)c1cc([N+](=O)[O-])ccc1OC(c1ccccc1)c1ccc(C#N)cc1. The summed E-state index contributed by atoms with van der Waals surface area (Å²) in [4.78, 5) is 22.7. The van der Waals surface area contributed by atoms with Gasteiger partial charge < -0.3 is 9.47 Å². The molecule has 0 spiro atoms. The number of carbonyl (C=O) groups is 1. The van der Waals surface area contributed by atoms with E-state index in [0.717, 1.165) is 17.2 Å². The van der Waals surface area contributed by atoms with Crippen molar-refractivity contribution in [3.05, 3.63) is 105 Å².